The van der Waals surface area contributed by atoms with Gasteiger partial charge >= 0.3 is 0 Å². The Morgan fingerprint density at radius 2 is 1.88 bits per heavy atom. The summed E-state index contributed by atoms with van der Waals surface area (Å²) in [4.78, 5) is 2.43. The van der Waals surface area contributed by atoms with Crippen molar-refractivity contribution in [2.24, 2.45) is 0 Å². The molecule has 1 heterocycles. The van der Waals surface area contributed by atoms with Gasteiger partial charge < -0.3 is 9.64 Å². The number of hydrogen-bond donors (Lipinski definition) is 0. The minimum absolute atomic E-state index is 0.0870. The lowest BCUT2D eigenvalue weighted by Crippen LogP contribution is -2.23. The van der Waals surface area contributed by atoms with Crippen LogP contribution >= 0.6 is 11.6 Å². The molecule has 2 nitrogen and oxygen atoms in total. The predicted octanol–water partition coefficient (Wildman–Crippen LogP) is 3.07. The fraction of sp³-hybridized carbons (Fsp3) is 0.538. The largest absolute Gasteiger partial charge is 0.497 e. The zero-order chi connectivity index (χ0) is 11.4. The van der Waals surface area contributed by atoms with Crippen LogP contribution in [0.2, 0.25) is 0 Å². The molecular weight excluding hydrogens is 222 g/mol. The molecule has 2 rings (SSSR count). The summed E-state index contributed by atoms with van der Waals surface area (Å²) in [6.07, 6.45) is 2.62. The van der Waals surface area contributed by atoms with Crippen molar-refractivity contribution in [1.82, 2.24) is 4.90 Å². The van der Waals surface area contributed by atoms with Crippen LogP contribution in [-0.2, 0) is 0 Å². The third-order valence-corrected chi connectivity index (χ3v) is 3.48. The van der Waals surface area contributed by atoms with Gasteiger partial charge in [0.05, 0.1) is 12.5 Å². The second kappa shape index (κ2) is 5.55. The van der Waals surface area contributed by atoms with E-state index in [0.29, 0.717) is 0 Å². The van der Waals surface area contributed by atoms with Crippen LogP contribution in [0.1, 0.15) is 23.8 Å². The van der Waals surface area contributed by atoms with Crippen molar-refractivity contribution in [2.45, 2.75) is 18.2 Å². The van der Waals surface area contributed by atoms with Crippen LogP contribution in [0.3, 0.4) is 0 Å². The molecule has 1 aliphatic heterocycles. The van der Waals surface area contributed by atoms with Crippen molar-refractivity contribution < 1.29 is 4.74 Å². The van der Waals surface area contributed by atoms with Gasteiger partial charge in [-0.25, -0.2) is 0 Å². The normalized spacial score (nSPS) is 18.6. The van der Waals surface area contributed by atoms with Crippen molar-refractivity contribution in [3.63, 3.8) is 0 Å². The van der Waals surface area contributed by atoms with Gasteiger partial charge in [0.1, 0.15) is 5.75 Å². The lowest BCUT2D eigenvalue weighted by molar-refractivity contribution is 0.339. The topological polar surface area (TPSA) is 12.5 Å². The molecule has 0 aromatic heterocycles. The standard InChI is InChI=1S/C13H18ClNO/c1-16-12-6-4-11(5-7-12)13(14)10-15-8-2-3-9-15/h4-7,13H,2-3,8-10H2,1H3. The van der Waals surface area contributed by atoms with Crippen molar-refractivity contribution >= 4 is 11.6 Å². The number of alkyl halides is 1. The minimum atomic E-state index is 0.0870. The van der Waals surface area contributed by atoms with E-state index in [2.05, 4.69) is 4.90 Å². The minimum Gasteiger partial charge on any atom is -0.497 e. The summed E-state index contributed by atoms with van der Waals surface area (Å²) < 4.78 is 5.13. The number of benzene rings is 1. The van der Waals surface area contributed by atoms with Crippen LogP contribution in [-0.4, -0.2) is 31.6 Å². The molecule has 1 aromatic carbocycles. The summed E-state index contributed by atoms with van der Waals surface area (Å²) in [5.74, 6) is 0.883. The first-order chi connectivity index (χ1) is 7.79. The molecule has 16 heavy (non-hydrogen) atoms. The molecule has 1 saturated heterocycles. The van der Waals surface area contributed by atoms with Gasteiger partial charge in [-0.05, 0) is 43.6 Å². The van der Waals surface area contributed by atoms with Crippen LogP contribution in [0.25, 0.3) is 0 Å². The molecule has 1 aromatic rings. The lowest BCUT2D eigenvalue weighted by Gasteiger charge is -2.19. The first-order valence-corrected chi connectivity index (χ1v) is 6.23. The van der Waals surface area contributed by atoms with Crippen molar-refractivity contribution in [3.8, 4) is 5.75 Å². The van der Waals surface area contributed by atoms with Gasteiger partial charge in [0.15, 0.2) is 0 Å². The van der Waals surface area contributed by atoms with Crippen molar-refractivity contribution in [1.29, 1.82) is 0 Å². The van der Waals surface area contributed by atoms with Crippen LogP contribution < -0.4 is 4.74 Å². The molecule has 1 aliphatic rings. The molecule has 0 saturated carbocycles. The highest BCUT2D eigenvalue weighted by atomic mass is 35.5. The van der Waals surface area contributed by atoms with Gasteiger partial charge in [0, 0.05) is 6.54 Å². The number of hydrogen-bond acceptors (Lipinski definition) is 2. The summed E-state index contributed by atoms with van der Waals surface area (Å²) in [6.45, 7) is 3.34. The Kier molecular flexibility index (Phi) is 4.08. The summed E-state index contributed by atoms with van der Waals surface area (Å²) in [5.41, 5.74) is 1.18. The van der Waals surface area contributed by atoms with E-state index in [0.717, 1.165) is 12.3 Å². The Labute approximate surface area is 102 Å². The van der Waals surface area contributed by atoms with E-state index in [1.54, 1.807) is 7.11 Å². The number of rotatable bonds is 4. The highest BCUT2D eigenvalue weighted by Gasteiger charge is 2.16. The number of halogens is 1. The third kappa shape index (κ3) is 2.89. The Morgan fingerprint density at radius 1 is 1.25 bits per heavy atom. The molecule has 0 N–H and O–H groups in total. The zero-order valence-electron chi connectivity index (χ0n) is 9.66. The van der Waals surface area contributed by atoms with E-state index in [-0.39, 0.29) is 5.38 Å². The molecule has 0 bridgehead atoms. The van der Waals surface area contributed by atoms with Gasteiger partial charge in [-0.2, -0.15) is 0 Å². The van der Waals surface area contributed by atoms with E-state index < -0.39 is 0 Å². The Balaban J connectivity index is 1.94. The quantitative estimate of drug-likeness (QED) is 0.749. The number of likely N-dealkylation sites (tertiary alicyclic amines) is 1. The monoisotopic (exact) mass is 239 g/mol. The number of nitrogens with zero attached hydrogens (tertiary/aromatic N) is 1. The fourth-order valence-electron chi connectivity index (χ4n) is 2.11. The van der Waals surface area contributed by atoms with Crippen molar-refractivity contribution in [2.75, 3.05) is 26.7 Å². The van der Waals surface area contributed by atoms with E-state index >= 15 is 0 Å². The van der Waals surface area contributed by atoms with E-state index in [9.17, 15) is 0 Å². The molecule has 1 fully saturated rings. The molecule has 0 aliphatic carbocycles. The smallest absolute Gasteiger partial charge is 0.118 e. The van der Waals surface area contributed by atoms with Gasteiger partial charge in [-0.3, -0.25) is 0 Å². The number of ether oxygens (including phenoxy) is 1. The maximum atomic E-state index is 6.40. The van der Waals surface area contributed by atoms with Gasteiger partial charge in [0.25, 0.3) is 0 Å². The lowest BCUT2D eigenvalue weighted by atomic mass is 10.1. The molecule has 1 atom stereocenters. The number of methoxy groups -OCH3 is 1. The summed E-state index contributed by atoms with van der Waals surface area (Å²) >= 11 is 6.40. The first kappa shape index (κ1) is 11.7. The average Bonchev–Trinajstić information content (AvgIpc) is 2.82. The van der Waals surface area contributed by atoms with E-state index in [4.69, 9.17) is 16.3 Å². The molecular formula is C13H18ClNO. The van der Waals surface area contributed by atoms with Gasteiger partial charge in [0.2, 0.25) is 0 Å². The second-order valence-electron chi connectivity index (χ2n) is 4.25. The highest BCUT2D eigenvalue weighted by Crippen LogP contribution is 2.25. The maximum absolute atomic E-state index is 6.40. The van der Waals surface area contributed by atoms with Crippen LogP contribution in [0.4, 0.5) is 0 Å². The Hall–Kier alpha value is -0.730. The average molecular weight is 240 g/mol. The fourth-order valence-corrected chi connectivity index (χ4v) is 2.45. The molecule has 1 unspecified atom stereocenters. The second-order valence-corrected chi connectivity index (χ2v) is 4.78. The summed E-state index contributed by atoms with van der Waals surface area (Å²) in [5, 5.41) is 0.0870. The highest BCUT2D eigenvalue weighted by molar-refractivity contribution is 6.21. The van der Waals surface area contributed by atoms with Crippen LogP contribution in [0.5, 0.6) is 5.75 Å². The third-order valence-electron chi connectivity index (χ3n) is 3.09. The SMILES string of the molecule is COc1ccc(C(Cl)CN2CCCC2)cc1. The first-order valence-electron chi connectivity index (χ1n) is 5.80. The van der Waals surface area contributed by atoms with Gasteiger partial charge in [-0.1, -0.05) is 12.1 Å². The molecule has 0 spiro atoms. The summed E-state index contributed by atoms with van der Waals surface area (Å²) in [7, 11) is 1.68. The van der Waals surface area contributed by atoms with Crippen LogP contribution in [0, 0.1) is 0 Å². The molecule has 0 radical (unpaired) electrons. The Bertz CT molecular complexity index is 319. The van der Waals surface area contributed by atoms with Crippen LogP contribution in [0.15, 0.2) is 24.3 Å². The zero-order valence-corrected chi connectivity index (χ0v) is 10.4. The molecule has 0 amide bonds. The molecule has 88 valence electrons. The van der Waals surface area contributed by atoms with Gasteiger partial charge in [-0.15, -0.1) is 11.6 Å². The molecule has 3 heteroatoms. The van der Waals surface area contributed by atoms with E-state index in [1.807, 2.05) is 24.3 Å². The van der Waals surface area contributed by atoms with E-state index in [1.165, 1.54) is 31.5 Å². The Morgan fingerprint density at radius 3 is 2.44 bits per heavy atom. The summed E-state index contributed by atoms with van der Waals surface area (Å²) in [6, 6.07) is 8.03. The van der Waals surface area contributed by atoms with Crippen molar-refractivity contribution in [3.05, 3.63) is 29.8 Å². The maximum Gasteiger partial charge on any atom is 0.118 e. The predicted molar refractivity (Wildman–Crippen MR) is 67.3 cm³/mol.